The summed E-state index contributed by atoms with van der Waals surface area (Å²) in [5.41, 5.74) is 7.92. The summed E-state index contributed by atoms with van der Waals surface area (Å²) in [7, 11) is 0. The van der Waals surface area contributed by atoms with Crippen molar-refractivity contribution in [2.45, 2.75) is 25.8 Å². The summed E-state index contributed by atoms with van der Waals surface area (Å²) in [6.07, 6.45) is 1.95. The lowest BCUT2D eigenvalue weighted by atomic mass is 10.1. The highest BCUT2D eigenvalue weighted by Gasteiger charge is 1.99. The number of nitrogens with zero attached hydrogens (tertiary/aromatic N) is 1. The normalized spacial score (nSPS) is 12.9. The third-order valence-corrected chi connectivity index (χ3v) is 2.51. The molecule has 0 aliphatic carbocycles. The van der Waals surface area contributed by atoms with Crippen molar-refractivity contribution in [2.24, 2.45) is 5.73 Å². The number of aromatic nitrogens is 1. The van der Waals surface area contributed by atoms with Gasteiger partial charge in [0.25, 0.3) is 0 Å². The molecule has 2 nitrogen and oxygen atoms in total. The minimum absolute atomic E-state index is 0.248. The molecule has 0 spiro atoms. The Morgan fingerprint density at radius 1 is 1.20 bits per heavy atom. The Balaban J connectivity index is 2.23. The van der Waals surface area contributed by atoms with Gasteiger partial charge in [-0.2, -0.15) is 0 Å². The Hall–Kier alpha value is -1.41. The van der Waals surface area contributed by atoms with Crippen LogP contribution in [0.15, 0.2) is 36.4 Å². The Morgan fingerprint density at radius 2 is 2.00 bits per heavy atom. The molecule has 2 N–H and O–H groups in total. The van der Waals surface area contributed by atoms with E-state index in [0.29, 0.717) is 0 Å². The summed E-state index contributed by atoms with van der Waals surface area (Å²) < 4.78 is 0. The van der Waals surface area contributed by atoms with E-state index < -0.39 is 0 Å². The molecule has 0 bridgehead atoms. The Bertz CT molecular complexity index is 449. The zero-order chi connectivity index (χ0) is 10.7. The van der Waals surface area contributed by atoms with Gasteiger partial charge < -0.3 is 5.73 Å². The first-order valence-electron chi connectivity index (χ1n) is 5.36. The second kappa shape index (κ2) is 4.41. The Morgan fingerprint density at radius 3 is 2.80 bits per heavy atom. The standard InChI is InChI=1S/C13H16N2/c1-10(14)6-8-12-9-7-11-4-2-3-5-13(11)15-12/h2-5,7,9-10H,6,8,14H2,1H3/t10-/m0/s1. The molecule has 0 aliphatic rings. The fourth-order valence-electron chi connectivity index (χ4n) is 1.62. The van der Waals surface area contributed by atoms with E-state index in [4.69, 9.17) is 5.73 Å². The van der Waals surface area contributed by atoms with Gasteiger partial charge in [0.05, 0.1) is 5.52 Å². The van der Waals surface area contributed by atoms with Crippen molar-refractivity contribution in [2.75, 3.05) is 0 Å². The third-order valence-electron chi connectivity index (χ3n) is 2.51. The van der Waals surface area contributed by atoms with Crippen molar-refractivity contribution in [3.05, 3.63) is 42.1 Å². The summed E-state index contributed by atoms with van der Waals surface area (Å²) in [5.74, 6) is 0. The summed E-state index contributed by atoms with van der Waals surface area (Å²) in [6.45, 7) is 2.03. The molecule has 0 aliphatic heterocycles. The van der Waals surface area contributed by atoms with E-state index in [1.165, 1.54) is 5.39 Å². The fourth-order valence-corrected chi connectivity index (χ4v) is 1.62. The lowest BCUT2D eigenvalue weighted by Gasteiger charge is -2.05. The topological polar surface area (TPSA) is 38.9 Å². The molecule has 0 amide bonds. The molecule has 2 aromatic rings. The zero-order valence-corrected chi connectivity index (χ0v) is 8.98. The quantitative estimate of drug-likeness (QED) is 0.826. The molecule has 0 radical (unpaired) electrons. The number of para-hydroxylation sites is 1. The monoisotopic (exact) mass is 200 g/mol. The molecule has 1 atom stereocenters. The van der Waals surface area contributed by atoms with Crippen molar-refractivity contribution >= 4 is 10.9 Å². The second-order valence-corrected chi connectivity index (χ2v) is 4.01. The van der Waals surface area contributed by atoms with Gasteiger partial charge in [-0.15, -0.1) is 0 Å². The average Bonchev–Trinajstić information content (AvgIpc) is 2.26. The maximum Gasteiger partial charge on any atom is 0.0705 e. The van der Waals surface area contributed by atoms with Crippen LogP contribution >= 0.6 is 0 Å². The fraction of sp³-hybridized carbons (Fsp3) is 0.308. The highest BCUT2D eigenvalue weighted by molar-refractivity contribution is 5.78. The maximum atomic E-state index is 5.73. The van der Waals surface area contributed by atoms with Gasteiger partial charge in [0.15, 0.2) is 0 Å². The Labute approximate surface area is 90.1 Å². The number of benzene rings is 1. The molecular weight excluding hydrogens is 184 g/mol. The second-order valence-electron chi connectivity index (χ2n) is 4.01. The predicted octanol–water partition coefficient (Wildman–Crippen LogP) is 2.51. The first kappa shape index (κ1) is 10.1. The number of pyridine rings is 1. The van der Waals surface area contributed by atoms with E-state index in [1.807, 2.05) is 25.1 Å². The first-order chi connectivity index (χ1) is 7.25. The van der Waals surface area contributed by atoms with E-state index in [-0.39, 0.29) is 6.04 Å². The highest BCUT2D eigenvalue weighted by Crippen LogP contribution is 2.12. The number of hydrogen-bond acceptors (Lipinski definition) is 2. The minimum Gasteiger partial charge on any atom is -0.328 e. The smallest absolute Gasteiger partial charge is 0.0705 e. The van der Waals surface area contributed by atoms with Crippen molar-refractivity contribution < 1.29 is 0 Å². The van der Waals surface area contributed by atoms with Gasteiger partial charge in [0, 0.05) is 17.1 Å². The molecule has 1 aromatic heterocycles. The first-order valence-corrected chi connectivity index (χ1v) is 5.36. The van der Waals surface area contributed by atoms with Gasteiger partial charge in [0.1, 0.15) is 0 Å². The van der Waals surface area contributed by atoms with Gasteiger partial charge in [-0.3, -0.25) is 4.98 Å². The predicted molar refractivity (Wildman–Crippen MR) is 63.7 cm³/mol. The van der Waals surface area contributed by atoms with E-state index in [1.54, 1.807) is 0 Å². The van der Waals surface area contributed by atoms with Crippen molar-refractivity contribution in [1.82, 2.24) is 4.98 Å². The number of rotatable bonds is 3. The van der Waals surface area contributed by atoms with Crippen molar-refractivity contribution in [3.63, 3.8) is 0 Å². The Kier molecular flexibility index (Phi) is 2.97. The van der Waals surface area contributed by atoms with Crippen LogP contribution in [0.25, 0.3) is 10.9 Å². The van der Waals surface area contributed by atoms with Crippen LogP contribution in [0.5, 0.6) is 0 Å². The van der Waals surface area contributed by atoms with Crippen LogP contribution in [0.4, 0.5) is 0 Å². The molecule has 1 aromatic carbocycles. The third kappa shape index (κ3) is 2.54. The SMILES string of the molecule is C[C@H](N)CCc1ccc2ccccc2n1. The van der Waals surface area contributed by atoms with Gasteiger partial charge in [-0.1, -0.05) is 24.3 Å². The summed E-state index contributed by atoms with van der Waals surface area (Å²) in [6, 6.07) is 12.6. The van der Waals surface area contributed by atoms with E-state index in [9.17, 15) is 0 Å². The lowest BCUT2D eigenvalue weighted by molar-refractivity contribution is 0.659. The van der Waals surface area contributed by atoms with Gasteiger partial charge in [-0.25, -0.2) is 0 Å². The summed E-state index contributed by atoms with van der Waals surface area (Å²) >= 11 is 0. The largest absolute Gasteiger partial charge is 0.328 e. The number of aryl methyl sites for hydroxylation is 1. The summed E-state index contributed by atoms with van der Waals surface area (Å²) in [4.78, 5) is 4.59. The van der Waals surface area contributed by atoms with Gasteiger partial charge in [0.2, 0.25) is 0 Å². The number of fused-ring (bicyclic) bond motifs is 1. The zero-order valence-electron chi connectivity index (χ0n) is 8.98. The molecule has 1 heterocycles. The number of nitrogens with two attached hydrogens (primary N) is 1. The van der Waals surface area contributed by atoms with Crippen LogP contribution in [0.3, 0.4) is 0 Å². The maximum absolute atomic E-state index is 5.73. The molecule has 0 unspecified atom stereocenters. The van der Waals surface area contributed by atoms with Crippen LogP contribution in [-0.2, 0) is 6.42 Å². The molecular formula is C13H16N2. The molecule has 0 saturated carbocycles. The molecule has 2 rings (SSSR count). The highest BCUT2D eigenvalue weighted by atomic mass is 14.7. The van der Waals surface area contributed by atoms with Crippen molar-refractivity contribution in [3.8, 4) is 0 Å². The lowest BCUT2D eigenvalue weighted by Crippen LogP contribution is -2.15. The molecule has 15 heavy (non-hydrogen) atoms. The van der Waals surface area contributed by atoms with Crippen LogP contribution in [0, 0.1) is 0 Å². The van der Waals surface area contributed by atoms with Gasteiger partial charge in [-0.05, 0) is 31.9 Å². The van der Waals surface area contributed by atoms with E-state index in [0.717, 1.165) is 24.1 Å². The molecule has 0 fully saturated rings. The average molecular weight is 200 g/mol. The van der Waals surface area contributed by atoms with E-state index >= 15 is 0 Å². The summed E-state index contributed by atoms with van der Waals surface area (Å²) in [5, 5.41) is 1.20. The molecule has 78 valence electrons. The molecule has 2 heteroatoms. The van der Waals surface area contributed by atoms with Crippen LogP contribution in [-0.4, -0.2) is 11.0 Å². The van der Waals surface area contributed by atoms with Crippen molar-refractivity contribution in [1.29, 1.82) is 0 Å². The van der Waals surface area contributed by atoms with Crippen LogP contribution < -0.4 is 5.73 Å². The van der Waals surface area contributed by atoms with Crippen LogP contribution in [0.2, 0.25) is 0 Å². The number of hydrogen-bond donors (Lipinski definition) is 1. The minimum atomic E-state index is 0.248. The molecule has 0 saturated heterocycles. The van der Waals surface area contributed by atoms with Crippen LogP contribution in [0.1, 0.15) is 19.0 Å². The van der Waals surface area contributed by atoms with Gasteiger partial charge >= 0.3 is 0 Å². The van der Waals surface area contributed by atoms with E-state index in [2.05, 4.69) is 23.2 Å².